The minimum absolute atomic E-state index is 0. The van der Waals surface area contributed by atoms with Gasteiger partial charge in [0.15, 0.2) is 22.7 Å². The van der Waals surface area contributed by atoms with E-state index in [1.807, 2.05) is 0 Å². The van der Waals surface area contributed by atoms with Crippen LogP contribution in [0.3, 0.4) is 0 Å². The molecule has 4 N–H and O–H groups in total. The third-order valence-corrected chi connectivity index (χ3v) is 7.91. The van der Waals surface area contributed by atoms with Gasteiger partial charge in [-0.25, -0.2) is 0 Å². The summed E-state index contributed by atoms with van der Waals surface area (Å²) in [7, 11) is 0. The van der Waals surface area contributed by atoms with Crippen LogP contribution in [-0.4, -0.2) is 34.2 Å². The number of para-hydroxylation sites is 1. The number of carbonyl (C=O) groups excluding carboxylic acids is 1. The quantitative estimate of drug-likeness (QED) is 0.0970. The van der Waals surface area contributed by atoms with E-state index < -0.39 is 22.8 Å². The van der Waals surface area contributed by atoms with Gasteiger partial charge in [-0.1, -0.05) is 56.7 Å². The Morgan fingerprint density at radius 2 is 1.50 bits per heavy atom. The number of phenolic OH excluding ortho intramolecular Hbond substituents is 2. The number of hydrogen-bond acceptors (Lipinski definition) is 7. The average Bonchev–Trinajstić information content (AvgIpc) is 2.98. The van der Waals surface area contributed by atoms with E-state index >= 15 is 0 Å². The molecule has 2 aromatic carbocycles. The summed E-state index contributed by atoms with van der Waals surface area (Å²) in [5.41, 5.74) is 4.71. The number of amides is 1. The second-order valence-electron chi connectivity index (χ2n) is 11.0. The molecule has 0 radical (unpaired) electrons. The van der Waals surface area contributed by atoms with Crippen molar-refractivity contribution in [2.45, 2.75) is 77.0 Å². The van der Waals surface area contributed by atoms with Gasteiger partial charge in [-0.15, -0.1) is 12.4 Å². The Morgan fingerprint density at radius 1 is 0.833 bits per heavy atom. The molecule has 5 rings (SSSR count). The number of carbonyl (C=O) groups is 1. The van der Waals surface area contributed by atoms with E-state index in [2.05, 4.69) is 34.9 Å². The van der Waals surface area contributed by atoms with Crippen LogP contribution in [0.15, 0.2) is 51.7 Å². The summed E-state index contributed by atoms with van der Waals surface area (Å²) in [6.07, 6.45) is 13.7. The Kier molecular flexibility index (Phi) is 11.1. The fourth-order valence-electron chi connectivity index (χ4n) is 5.68. The van der Waals surface area contributed by atoms with E-state index in [4.69, 9.17) is 9.40 Å². The smallest absolute Gasteiger partial charge is 0.287 e. The molecule has 0 spiro atoms. The number of fused-ring (bicyclic) bond motifs is 3. The van der Waals surface area contributed by atoms with E-state index in [0.717, 1.165) is 68.8 Å². The van der Waals surface area contributed by atoms with Gasteiger partial charge in [-0.05, 0) is 56.2 Å². The number of pyridine rings is 1. The van der Waals surface area contributed by atoms with Crippen molar-refractivity contribution in [2.24, 2.45) is 0 Å². The third kappa shape index (κ3) is 7.53. The molecule has 4 aromatic rings. The van der Waals surface area contributed by atoms with E-state index in [1.54, 1.807) is 0 Å². The fourth-order valence-corrected chi connectivity index (χ4v) is 5.68. The number of anilines is 1. The number of aromatic nitrogens is 1. The SMILES string of the molecule is Cl.O=C(NCCCCCCCCCCNc1c2c(nc3ccccc13)CCCC2)c1cc(=O)c2cc(O)c(O)cc2o1. The zero-order valence-corrected chi connectivity index (χ0v) is 24.7. The predicted octanol–water partition coefficient (Wildman–Crippen LogP) is 7.02. The predicted molar refractivity (Wildman–Crippen MR) is 169 cm³/mol. The number of aryl methyl sites for hydroxylation is 1. The molecule has 2 aromatic heterocycles. The van der Waals surface area contributed by atoms with Crippen LogP contribution < -0.4 is 16.1 Å². The zero-order valence-electron chi connectivity index (χ0n) is 23.9. The van der Waals surface area contributed by atoms with Gasteiger partial charge in [0.1, 0.15) is 5.58 Å². The molecule has 2 heterocycles. The van der Waals surface area contributed by atoms with Gasteiger partial charge < -0.3 is 25.3 Å². The summed E-state index contributed by atoms with van der Waals surface area (Å²) in [5, 5.41) is 27.1. The van der Waals surface area contributed by atoms with Crippen LogP contribution in [0.2, 0.25) is 0 Å². The minimum atomic E-state index is -0.467. The molecule has 0 saturated carbocycles. The van der Waals surface area contributed by atoms with Crippen molar-refractivity contribution in [1.29, 1.82) is 0 Å². The number of unbranched alkanes of at least 4 members (excludes halogenated alkanes) is 7. The van der Waals surface area contributed by atoms with Crippen LogP contribution in [0.5, 0.6) is 11.5 Å². The normalized spacial score (nSPS) is 12.6. The molecule has 8 nitrogen and oxygen atoms in total. The molecule has 0 bridgehead atoms. The first-order valence-electron chi connectivity index (χ1n) is 14.9. The van der Waals surface area contributed by atoms with Crippen LogP contribution in [0.25, 0.3) is 21.9 Å². The van der Waals surface area contributed by atoms with Crippen LogP contribution in [0.1, 0.15) is 86.0 Å². The monoisotopic (exact) mass is 593 g/mol. The summed E-state index contributed by atoms with van der Waals surface area (Å²) in [4.78, 5) is 29.6. The van der Waals surface area contributed by atoms with E-state index in [-0.39, 0.29) is 29.1 Å². The molecule has 1 aliphatic rings. The molecule has 42 heavy (non-hydrogen) atoms. The number of aromatic hydroxyl groups is 2. The maximum atomic E-state index is 12.4. The summed E-state index contributed by atoms with van der Waals surface area (Å²) < 4.78 is 5.47. The lowest BCUT2D eigenvalue weighted by atomic mass is 9.92. The summed E-state index contributed by atoms with van der Waals surface area (Å²) in [6.45, 7) is 1.49. The molecule has 0 fully saturated rings. The van der Waals surface area contributed by atoms with Crippen LogP contribution in [0, 0.1) is 0 Å². The van der Waals surface area contributed by atoms with Gasteiger partial charge in [0.2, 0.25) is 0 Å². The molecular formula is C33H40ClN3O5. The number of benzene rings is 2. The minimum Gasteiger partial charge on any atom is -0.504 e. The number of rotatable bonds is 13. The van der Waals surface area contributed by atoms with Crippen molar-refractivity contribution in [3.63, 3.8) is 0 Å². The number of hydrogen-bond donors (Lipinski definition) is 4. The van der Waals surface area contributed by atoms with Gasteiger partial charge in [-0.2, -0.15) is 0 Å². The largest absolute Gasteiger partial charge is 0.504 e. The van der Waals surface area contributed by atoms with Crippen molar-refractivity contribution < 1.29 is 19.4 Å². The molecular weight excluding hydrogens is 554 g/mol. The van der Waals surface area contributed by atoms with Crippen molar-refractivity contribution in [2.75, 3.05) is 18.4 Å². The molecule has 0 aliphatic heterocycles. The van der Waals surface area contributed by atoms with Gasteiger partial charge in [0, 0.05) is 42.0 Å². The summed E-state index contributed by atoms with van der Waals surface area (Å²) >= 11 is 0. The Balaban J connectivity index is 0.00000405. The lowest BCUT2D eigenvalue weighted by Gasteiger charge is -2.21. The number of phenols is 2. The van der Waals surface area contributed by atoms with Gasteiger partial charge in [-0.3, -0.25) is 14.6 Å². The first kappa shape index (κ1) is 31.2. The highest BCUT2D eigenvalue weighted by Crippen LogP contribution is 2.33. The van der Waals surface area contributed by atoms with E-state index in [0.29, 0.717) is 6.54 Å². The fraction of sp³-hybridized carbons (Fsp3) is 0.424. The van der Waals surface area contributed by atoms with Gasteiger partial charge in [0.25, 0.3) is 5.91 Å². The summed E-state index contributed by atoms with van der Waals surface area (Å²) in [5.74, 6) is -1.40. The first-order valence-corrected chi connectivity index (χ1v) is 14.9. The maximum absolute atomic E-state index is 12.4. The van der Waals surface area contributed by atoms with Crippen molar-refractivity contribution >= 4 is 45.9 Å². The Morgan fingerprint density at radius 3 is 2.29 bits per heavy atom. The second kappa shape index (κ2) is 14.9. The lowest BCUT2D eigenvalue weighted by Crippen LogP contribution is -2.25. The van der Waals surface area contributed by atoms with Gasteiger partial charge >= 0.3 is 0 Å². The molecule has 224 valence electrons. The molecule has 9 heteroatoms. The van der Waals surface area contributed by atoms with Crippen LogP contribution in [-0.2, 0) is 12.8 Å². The van der Waals surface area contributed by atoms with Crippen molar-refractivity contribution in [3.8, 4) is 11.5 Å². The average molecular weight is 594 g/mol. The van der Waals surface area contributed by atoms with Crippen LogP contribution >= 0.6 is 12.4 Å². The molecule has 1 aliphatic carbocycles. The van der Waals surface area contributed by atoms with E-state index in [9.17, 15) is 19.8 Å². The number of halogens is 1. The van der Waals surface area contributed by atoms with Crippen molar-refractivity contribution in [3.05, 3.63) is 69.7 Å². The number of nitrogens with zero attached hydrogens (tertiary/aromatic N) is 1. The molecule has 0 unspecified atom stereocenters. The highest BCUT2D eigenvalue weighted by Gasteiger charge is 2.18. The van der Waals surface area contributed by atoms with Crippen LogP contribution in [0.4, 0.5) is 5.69 Å². The first-order chi connectivity index (χ1) is 20.0. The topological polar surface area (TPSA) is 125 Å². The zero-order chi connectivity index (χ0) is 28.6. The second-order valence-corrected chi connectivity index (χ2v) is 11.0. The standard InChI is InChI=1S/C33H39N3O5.ClH/c37-27-20-31(41-30-21-29(39)28(38)19-24(27)30)33(40)35-18-12-6-4-2-1-3-5-11-17-34-32-22-13-7-9-15-25(22)36-26-16-10-8-14-23(26)32;/h7,9,13,15,19-21,38-39H,1-6,8,10-12,14,16-18H2,(H,34,36)(H,35,40);1H. The van der Waals surface area contributed by atoms with Crippen molar-refractivity contribution in [1.82, 2.24) is 10.3 Å². The van der Waals surface area contributed by atoms with E-state index in [1.165, 1.54) is 60.9 Å². The highest BCUT2D eigenvalue weighted by molar-refractivity contribution is 5.94. The Bertz CT molecular complexity index is 1590. The Labute approximate surface area is 252 Å². The third-order valence-electron chi connectivity index (χ3n) is 7.91. The highest BCUT2D eigenvalue weighted by atomic mass is 35.5. The maximum Gasteiger partial charge on any atom is 0.287 e. The van der Waals surface area contributed by atoms with Gasteiger partial charge in [0.05, 0.1) is 10.9 Å². The molecule has 0 saturated heterocycles. The Hall–Kier alpha value is -3.78. The summed E-state index contributed by atoms with van der Waals surface area (Å²) in [6, 6.07) is 11.8. The molecule has 0 atom stereocenters. The lowest BCUT2D eigenvalue weighted by molar-refractivity contribution is 0.0925. The molecule has 1 amide bonds. The number of nitrogens with one attached hydrogen (secondary N) is 2.